The number of carbonyl (C=O) groups is 1. The maximum absolute atomic E-state index is 14.4. The quantitative estimate of drug-likeness (QED) is 0.489. The van der Waals surface area contributed by atoms with Crippen LogP contribution in [0.25, 0.3) is 6.08 Å². The molecular weight excluding hydrogens is 528 g/mol. The molecule has 41 heavy (non-hydrogen) atoms. The molecule has 2 atom stereocenters. The first-order chi connectivity index (χ1) is 19.8. The smallest absolute Gasteiger partial charge is 0.281 e. The van der Waals surface area contributed by atoms with Gasteiger partial charge in [-0.05, 0) is 25.8 Å². The molecule has 220 valence electrons. The van der Waals surface area contributed by atoms with Gasteiger partial charge in [0.15, 0.2) is 0 Å². The molecule has 5 aliphatic heterocycles. The van der Waals surface area contributed by atoms with Crippen molar-refractivity contribution in [3.05, 3.63) is 36.1 Å². The van der Waals surface area contributed by atoms with Crippen LogP contribution in [0.3, 0.4) is 0 Å². The minimum atomic E-state index is -2.68. The van der Waals surface area contributed by atoms with E-state index in [9.17, 15) is 13.6 Å². The number of halogens is 2. The molecule has 1 spiro atoms. The molecule has 0 aliphatic carbocycles. The number of aromatic nitrogens is 1. The van der Waals surface area contributed by atoms with Crippen molar-refractivity contribution in [2.24, 2.45) is 22.0 Å². The van der Waals surface area contributed by atoms with Crippen molar-refractivity contribution >= 4 is 35.4 Å². The molecule has 1 amide bonds. The van der Waals surface area contributed by atoms with Crippen LogP contribution in [0.4, 0.5) is 20.3 Å². The van der Waals surface area contributed by atoms with E-state index in [2.05, 4.69) is 43.4 Å². The lowest BCUT2D eigenvalue weighted by molar-refractivity contribution is -0.128. The maximum atomic E-state index is 14.4. The zero-order chi connectivity index (χ0) is 28.7. The molecule has 0 bridgehead atoms. The fourth-order valence-corrected chi connectivity index (χ4v) is 7.24. The molecule has 0 aromatic carbocycles. The van der Waals surface area contributed by atoms with E-state index in [0.717, 1.165) is 50.4 Å². The highest BCUT2D eigenvalue weighted by Crippen LogP contribution is 2.45. The number of fused-ring (bicyclic) bond motifs is 2. The summed E-state index contributed by atoms with van der Waals surface area (Å²) >= 11 is 0. The van der Waals surface area contributed by atoms with Crippen molar-refractivity contribution in [1.29, 1.82) is 0 Å². The number of anilines is 2. The Morgan fingerprint density at radius 3 is 2.54 bits per heavy atom. The lowest BCUT2D eigenvalue weighted by Crippen LogP contribution is -2.63. The molecule has 1 aromatic rings. The Balaban J connectivity index is 1.18. The monoisotopic (exact) mass is 567 g/mol. The topological polar surface area (TPSA) is 76.9 Å². The number of alkyl halides is 2. The molecule has 0 N–H and O–H groups in total. The van der Waals surface area contributed by atoms with Gasteiger partial charge in [0.2, 0.25) is 5.91 Å². The number of hydrogen-bond acceptors (Lipinski definition) is 8. The lowest BCUT2D eigenvalue weighted by atomic mass is 9.73. The summed E-state index contributed by atoms with van der Waals surface area (Å²) in [4.78, 5) is 25.0. The molecule has 2 unspecified atom stereocenters. The number of amides is 1. The van der Waals surface area contributed by atoms with Crippen LogP contribution in [0.1, 0.15) is 44.4 Å². The predicted octanol–water partition coefficient (Wildman–Crippen LogP) is 3.63. The van der Waals surface area contributed by atoms with E-state index in [1.165, 1.54) is 6.08 Å². The van der Waals surface area contributed by atoms with Gasteiger partial charge in [0.1, 0.15) is 11.5 Å². The lowest BCUT2D eigenvalue weighted by Gasteiger charge is -2.49. The number of piperidine rings is 1. The minimum absolute atomic E-state index is 0.0291. The van der Waals surface area contributed by atoms with E-state index in [0.29, 0.717) is 50.2 Å². The van der Waals surface area contributed by atoms with Crippen molar-refractivity contribution < 1.29 is 18.3 Å². The van der Waals surface area contributed by atoms with Crippen molar-refractivity contribution in [3.8, 4) is 0 Å². The van der Waals surface area contributed by atoms with Crippen LogP contribution in [0.15, 0.2) is 35.0 Å². The molecule has 4 fully saturated rings. The van der Waals surface area contributed by atoms with Gasteiger partial charge in [0.05, 0.1) is 17.9 Å². The normalized spacial score (nSPS) is 26.6. The summed E-state index contributed by atoms with van der Waals surface area (Å²) in [5.74, 6) is 1.05. The fourth-order valence-electron chi connectivity index (χ4n) is 7.24. The highest BCUT2D eigenvalue weighted by Gasteiger charge is 2.52. The molecule has 0 radical (unpaired) electrons. The number of nitrogens with zero attached hydrogens (tertiary/aromatic N) is 7. The van der Waals surface area contributed by atoms with E-state index < -0.39 is 6.43 Å². The van der Waals surface area contributed by atoms with Crippen LogP contribution in [0.2, 0.25) is 0 Å². The van der Waals surface area contributed by atoms with Crippen molar-refractivity contribution in [1.82, 2.24) is 14.8 Å². The Labute approximate surface area is 240 Å². The number of rotatable bonds is 6. The number of hydrogen-bond donors (Lipinski definition) is 0. The number of ether oxygens (including phenoxy) is 1. The molecular formula is C30H39F2N7O2. The third-order valence-corrected chi connectivity index (χ3v) is 9.49. The number of allylic oxidation sites excluding steroid dienone is 1. The minimum Gasteiger partial charge on any atom is -0.368 e. The van der Waals surface area contributed by atoms with Gasteiger partial charge in [-0.25, -0.2) is 13.8 Å². The first kappa shape index (κ1) is 28.0. The Bertz CT molecular complexity index is 1260. The van der Waals surface area contributed by atoms with Crippen LogP contribution in [0, 0.1) is 11.8 Å². The highest BCUT2D eigenvalue weighted by atomic mass is 19.3. The Morgan fingerprint density at radius 1 is 1.15 bits per heavy atom. The predicted molar refractivity (Wildman–Crippen MR) is 157 cm³/mol. The Morgan fingerprint density at radius 2 is 1.88 bits per heavy atom. The van der Waals surface area contributed by atoms with E-state index in [-0.39, 0.29) is 29.0 Å². The van der Waals surface area contributed by atoms with E-state index in [1.54, 1.807) is 12.2 Å². The summed E-state index contributed by atoms with van der Waals surface area (Å²) in [6.45, 7) is 14.0. The van der Waals surface area contributed by atoms with Gasteiger partial charge in [0.25, 0.3) is 6.43 Å². The molecule has 6 rings (SSSR count). The second-order valence-electron chi connectivity index (χ2n) is 11.8. The summed E-state index contributed by atoms with van der Waals surface area (Å²) < 4.78 is 35.2. The summed E-state index contributed by atoms with van der Waals surface area (Å²) in [7, 11) is 0. The first-order valence-electron chi connectivity index (χ1n) is 14.7. The zero-order valence-electron chi connectivity index (χ0n) is 23.9. The summed E-state index contributed by atoms with van der Waals surface area (Å²) in [5.41, 5.74) is 1.87. The SMILES string of the molecule is C=CC(=O)N1CCN(C2CN(c3cc(N4CCC5(CC4)OCC4=NN=CC(C)C45)nc(C(F)F)c3/C=C\C)C2)CC1. The fraction of sp³-hybridized carbons (Fsp3) is 0.600. The largest absolute Gasteiger partial charge is 0.368 e. The van der Waals surface area contributed by atoms with Crippen LogP contribution < -0.4 is 9.80 Å². The van der Waals surface area contributed by atoms with Gasteiger partial charge in [-0.1, -0.05) is 25.7 Å². The van der Waals surface area contributed by atoms with E-state index in [4.69, 9.17) is 4.74 Å². The number of carbonyl (C=O) groups excluding carboxylic acids is 1. The summed E-state index contributed by atoms with van der Waals surface area (Å²) in [6.07, 6.45) is 5.73. The standard InChI is InChI=1S/C30H39F2N7O2/c1-4-6-22-24(39-17-21(18-39)36-11-13-38(14-12-36)26(40)5-2)15-25(34-28(22)29(31)32)37-9-7-30(8-10-37)27-20(3)16-33-35-23(27)19-41-30/h4-6,15-16,20-21,27,29H,2,7-14,17-19H2,1,3H3/b6-4-. The molecule has 6 heterocycles. The summed E-state index contributed by atoms with van der Waals surface area (Å²) in [5, 5.41) is 8.48. The van der Waals surface area contributed by atoms with Crippen LogP contribution in [-0.2, 0) is 9.53 Å². The Hall–Kier alpha value is -3.18. The van der Waals surface area contributed by atoms with Crippen LogP contribution in [-0.4, -0.2) is 103 Å². The average molecular weight is 568 g/mol. The second kappa shape index (κ2) is 11.2. The van der Waals surface area contributed by atoms with Crippen molar-refractivity contribution in [2.75, 3.05) is 68.8 Å². The van der Waals surface area contributed by atoms with E-state index in [1.807, 2.05) is 24.1 Å². The molecule has 5 aliphatic rings. The molecule has 1 aromatic heterocycles. The average Bonchev–Trinajstić information content (AvgIpc) is 3.32. The number of pyridine rings is 1. The molecule has 9 nitrogen and oxygen atoms in total. The van der Waals surface area contributed by atoms with Gasteiger partial charge < -0.3 is 19.4 Å². The van der Waals surface area contributed by atoms with Gasteiger partial charge >= 0.3 is 0 Å². The van der Waals surface area contributed by atoms with Crippen molar-refractivity contribution in [2.45, 2.75) is 44.8 Å². The number of piperazine rings is 1. The van der Waals surface area contributed by atoms with Crippen LogP contribution in [0.5, 0.6) is 0 Å². The van der Waals surface area contributed by atoms with Gasteiger partial charge in [-0.2, -0.15) is 10.2 Å². The Kier molecular flexibility index (Phi) is 7.67. The highest BCUT2D eigenvalue weighted by molar-refractivity contribution is 5.95. The van der Waals surface area contributed by atoms with Gasteiger partial charge in [-0.3, -0.25) is 9.69 Å². The van der Waals surface area contributed by atoms with Crippen LogP contribution >= 0.6 is 0 Å². The zero-order valence-corrected chi connectivity index (χ0v) is 23.9. The third kappa shape index (κ3) is 5.07. The van der Waals surface area contributed by atoms with Gasteiger partial charge in [0, 0.05) is 93.8 Å². The van der Waals surface area contributed by atoms with E-state index >= 15 is 0 Å². The van der Waals surface area contributed by atoms with Gasteiger partial charge in [-0.15, -0.1) is 0 Å². The molecule has 4 saturated heterocycles. The molecule has 0 saturated carbocycles. The second-order valence-corrected chi connectivity index (χ2v) is 11.8. The summed E-state index contributed by atoms with van der Waals surface area (Å²) in [6, 6.07) is 2.32. The first-order valence-corrected chi connectivity index (χ1v) is 14.7. The van der Waals surface area contributed by atoms with Crippen molar-refractivity contribution in [3.63, 3.8) is 0 Å². The third-order valence-electron chi connectivity index (χ3n) is 9.49. The molecule has 11 heteroatoms. The maximum Gasteiger partial charge on any atom is 0.281 e.